The molecule has 9 nitrogen and oxygen atoms in total. The molecule has 2 aliphatic rings. The Balaban J connectivity index is 0.000000771. The number of alkyl halides is 6. The average Bonchev–Trinajstić information content (AvgIpc) is 3.06. The number of nitrogens with zero attached hydrogens (tertiary/aromatic N) is 4. The molecule has 1 aromatic heterocycles. The number of sulfonamides is 1. The molecule has 0 spiro atoms. The molecule has 5 rings (SSSR count). The summed E-state index contributed by atoms with van der Waals surface area (Å²) in [6.45, 7) is 12.7. The van der Waals surface area contributed by atoms with Gasteiger partial charge in [0.1, 0.15) is 5.82 Å². The summed E-state index contributed by atoms with van der Waals surface area (Å²) in [5, 5.41) is 6.59. The normalized spacial score (nSPS) is 19.1. The SMILES string of the molecule is C[C@H]1CNCCN1.Cc1ccccc1-c1cc(N2CCN(S(C)(=O)=O)[C@@H](C)C2)ncc1N(C)C(=O)C(C)(C)c1cc(C(F)(F)F)cc(C(F)(F)F)c1. The van der Waals surface area contributed by atoms with E-state index in [0.717, 1.165) is 37.0 Å². The van der Waals surface area contributed by atoms with Gasteiger partial charge in [-0.1, -0.05) is 24.3 Å². The Morgan fingerprint density at radius 3 is 1.98 bits per heavy atom. The zero-order chi connectivity index (χ0) is 38.8. The van der Waals surface area contributed by atoms with E-state index in [9.17, 15) is 39.6 Å². The van der Waals surface area contributed by atoms with Gasteiger partial charge in [-0.05, 0) is 75.6 Å². The minimum atomic E-state index is -5.07. The summed E-state index contributed by atoms with van der Waals surface area (Å²) in [4.78, 5) is 21.6. The molecule has 3 heterocycles. The van der Waals surface area contributed by atoms with Crippen molar-refractivity contribution >= 4 is 27.4 Å². The molecule has 286 valence electrons. The first-order chi connectivity index (χ1) is 24.0. The van der Waals surface area contributed by atoms with Gasteiger partial charge in [0.15, 0.2) is 0 Å². The lowest BCUT2D eigenvalue weighted by Crippen LogP contribution is -2.53. The Morgan fingerprint density at radius 1 is 0.904 bits per heavy atom. The average molecular weight is 757 g/mol. The number of carbonyl (C=O) groups is 1. The summed E-state index contributed by atoms with van der Waals surface area (Å²) in [6, 6.07) is 10.6. The number of amides is 1. The largest absolute Gasteiger partial charge is 0.416 e. The summed E-state index contributed by atoms with van der Waals surface area (Å²) in [5.41, 5.74) is -2.84. The number of halogens is 6. The molecule has 2 N–H and O–H groups in total. The van der Waals surface area contributed by atoms with Gasteiger partial charge in [-0.25, -0.2) is 13.4 Å². The summed E-state index contributed by atoms with van der Waals surface area (Å²) in [5.74, 6) is -0.237. The number of hydrogen-bond donors (Lipinski definition) is 2. The van der Waals surface area contributed by atoms with Gasteiger partial charge in [0.2, 0.25) is 15.9 Å². The van der Waals surface area contributed by atoms with Crippen molar-refractivity contribution in [1.29, 1.82) is 0 Å². The van der Waals surface area contributed by atoms with Crippen LogP contribution in [0.3, 0.4) is 0 Å². The molecular weight excluding hydrogens is 710 g/mol. The third-order valence-electron chi connectivity index (χ3n) is 9.38. The molecule has 52 heavy (non-hydrogen) atoms. The molecule has 1 amide bonds. The predicted molar refractivity (Wildman–Crippen MR) is 191 cm³/mol. The van der Waals surface area contributed by atoms with Crippen molar-refractivity contribution < 1.29 is 39.6 Å². The molecule has 0 radical (unpaired) electrons. The molecule has 2 saturated heterocycles. The van der Waals surface area contributed by atoms with Crippen LogP contribution in [0, 0.1) is 6.92 Å². The number of hydrogen-bond acceptors (Lipinski definition) is 7. The van der Waals surface area contributed by atoms with Crippen LogP contribution in [0.2, 0.25) is 0 Å². The maximum atomic E-state index is 14.0. The molecule has 0 unspecified atom stereocenters. The van der Waals surface area contributed by atoms with E-state index >= 15 is 0 Å². The van der Waals surface area contributed by atoms with Crippen molar-refractivity contribution in [2.45, 2.75) is 64.5 Å². The van der Waals surface area contributed by atoms with Gasteiger partial charge in [-0.15, -0.1) is 0 Å². The van der Waals surface area contributed by atoms with Gasteiger partial charge in [0.05, 0.1) is 34.7 Å². The van der Waals surface area contributed by atoms with Gasteiger partial charge >= 0.3 is 12.4 Å². The number of rotatable bonds is 6. The number of likely N-dealkylation sites (N-methyl/N-ethyl adjacent to an activating group) is 1. The van der Waals surface area contributed by atoms with E-state index in [1.807, 2.05) is 30.0 Å². The highest BCUT2D eigenvalue weighted by atomic mass is 32.2. The second-order valence-corrected chi connectivity index (χ2v) is 15.8. The molecule has 2 atom stereocenters. The van der Waals surface area contributed by atoms with Crippen molar-refractivity contribution in [2.24, 2.45) is 0 Å². The monoisotopic (exact) mass is 756 g/mol. The number of pyridine rings is 1. The predicted octanol–water partition coefficient (Wildman–Crippen LogP) is 6.07. The maximum absolute atomic E-state index is 14.0. The standard InChI is InChI=1S/C31H34F6N4O3S.C5H12N2/c1-19-9-7-8-10-24(19)25-16-27(40-11-12-41(20(2)18-40)45(6,43)44)38-17-26(25)39(5)28(42)29(3,4)21-13-22(30(32,33)34)15-23(14-21)31(35,36)37;1-5-4-6-2-3-7-5/h7-10,13-17,20H,11-12,18H2,1-6H3;5-7H,2-4H2,1H3/t20-;5-/m00/s1. The van der Waals surface area contributed by atoms with Crippen molar-refractivity contribution in [1.82, 2.24) is 19.9 Å². The first kappa shape index (κ1) is 41.0. The van der Waals surface area contributed by atoms with Gasteiger partial charge in [-0.2, -0.15) is 30.6 Å². The highest BCUT2D eigenvalue weighted by Crippen LogP contribution is 2.41. The highest BCUT2D eigenvalue weighted by Gasteiger charge is 2.41. The van der Waals surface area contributed by atoms with E-state index in [1.165, 1.54) is 36.3 Å². The van der Waals surface area contributed by atoms with Gasteiger partial charge in [0, 0.05) is 64.0 Å². The van der Waals surface area contributed by atoms with E-state index < -0.39 is 50.4 Å². The van der Waals surface area contributed by atoms with E-state index in [2.05, 4.69) is 22.5 Å². The van der Waals surface area contributed by atoms with Crippen molar-refractivity contribution in [2.75, 3.05) is 62.4 Å². The zero-order valence-electron chi connectivity index (χ0n) is 30.3. The summed E-state index contributed by atoms with van der Waals surface area (Å²) in [7, 11) is -2.01. The Hall–Kier alpha value is -3.73. The van der Waals surface area contributed by atoms with Crippen LogP contribution < -0.4 is 20.4 Å². The number of aryl methyl sites for hydroxylation is 1. The van der Waals surface area contributed by atoms with Gasteiger partial charge in [-0.3, -0.25) is 4.79 Å². The fourth-order valence-electron chi connectivity index (χ4n) is 6.38. The lowest BCUT2D eigenvalue weighted by Gasteiger charge is -2.39. The quantitative estimate of drug-likeness (QED) is 0.295. The highest BCUT2D eigenvalue weighted by molar-refractivity contribution is 7.88. The van der Waals surface area contributed by atoms with Crippen LogP contribution in [0.1, 0.15) is 49.9 Å². The van der Waals surface area contributed by atoms with E-state index in [-0.39, 0.29) is 24.3 Å². The van der Waals surface area contributed by atoms with E-state index in [0.29, 0.717) is 42.6 Å². The van der Waals surface area contributed by atoms with E-state index in [4.69, 9.17) is 0 Å². The number of anilines is 2. The lowest BCUT2D eigenvalue weighted by atomic mass is 9.81. The van der Waals surface area contributed by atoms with Gasteiger partial charge in [0.25, 0.3) is 0 Å². The van der Waals surface area contributed by atoms with Gasteiger partial charge < -0.3 is 20.4 Å². The van der Waals surface area contributed by atoms with Crippen LogP contribution in [0.5, 0.6) is 0 Å². The Labute approximate surface area is 301 Å². The second-order valence-electron chi connectivity index (χ2n) is 13.9. The molecule has 2 aliphatic heterocycles. The number of piperazine rings is 2. The van der Waals surface area contributed by atoms with Crippen LogP contribution in [0.25, 0.3) is 11.1 Å². The van der Waals surface area contributed by atoms with Crippen molar-refractivity contribution in [3.8, 4) is 11.1 Å². The van der Waals surface area contributed by atoms with E-state index in [1.54, 1.807) is 19.1 Å². The molecule has 16 heteroatoms. The fraction of sp³-hybridized carbons (Fsp3) is 0.500. The number of carbonyl (C=O) groups excluding carboxylic acids is 1. The van der Waals surface area contributed by atoms with Crippen LogP contribution >= 0.6 is 0 Å². The van der Waals surface area contributed by atoms with Crippen LogP contribution in [-0.4, -0.2) is 88.3 Å². The minimum absolute atomic E-state index is 0.0311. The number of benzene rings is 2. The zero-order valence-corrected chi connectivity index (χ0v) is 31.1. The first-order valence-corrected chi connectivity index (χ1v) is 18.7. The molecular formula is C36H46F6N6O3S. The molecule has 0 saturated carbocycles. The van der Waals surface area contributed by atoms with Crippen LogP contribution in [-0.2, 0) is 32.6 Å². The summed E-state index contributed by atoms with van der Waals surface area (Å²) < 4.78 is 107. The second kappa shape index (κ2) is 15.7. The summed E-state index contributed by atoms with van der Waals surface area (Å²) >= 11 is 0. The maximum Gasteiger partial charge on any atom is 0.416 e. The molecule has 2 aromatic carbocycles. The van der Waals surface area contributed by atoms with Crippen molar-refractivity contribution in [3.63, 3.8) is 0 Å². The Morgan fingerprint density at radius 2 is 1.50 bits per heavy atom. The van der Waals surface area contributed by atoms with Crippen molar-refractivity contribution in [3.05, 3.63) is 77.0 Å². The molecule has 0 bridgehead atoms. The lowest BCUT2D eigenvalue weighted by molar-refractivity contribution is -0.143. The third kappa shape index (κ3) is 9.62. The van der Waals surface area contributed by atoms with Crippen LogP contribution in [0.15, 0.2) is 54.7 Å². The number of aromatic nitrogens is 1. The Bertz CT molecular complexity index is 1810. The summed E-state index contributed by atoms with van der Waals surface area (Å²) in [6.07, 6.45) is -7.54. The molecule has 3 aromatic rings. The molecule has 2 fully saturated rings. The smallest absolute Gasteiger partial charge is 0.354 e. The first-order valence-electron chi connectivity index (χ1n) is 16.8. The molecule has 0 aliphatic carbocycles. The third-order valence-corrected chi connectivity index (χ3v) is 10.8. The Kier molecular flexibility index (Phi) is 12.4. The van der Waals surface area contributed by atoms with Crippen LogP contribution in [0.4, 0.5) is 37.8 Å². The topological polar surface area (TPSA) is 97.9 Å². The minimum Gasteiger partial charge on any atom is -0.354 e. The number of nitrogens with one attached hydrogen (secondary N) is 2. The fourth-order valence-corrected chi connectivity index (χ4v) is 7.51.